The van der Waals surface area contributed by atoms with Crippen LogP contribution >= 0.6 is 0 Å². The highest BCUT2D eigenvalue weighted by atomic mass is 16.3. The van der Waals surface area contributed by atoms with Crippen molar-refractivity contribution in [2.75, 3.05) is 33.2 Å². The van der Waals surface area contributed by atoms with Crippen molar-refractivity contribution in [3.8, 4) is 0 Å². The number of nitrogens with one attached hydrogen (secondary N) is 2. The maximum atomic E-state index is 12.4. The van der Waals surface area contributed by atoms with Crippen molar-refractivity contribution in [3.63, 3.8) is 0 Å². The van der Waals surface area contributed by atoms with Crippen LogP contribution in [0.25, 0.3) is 0 Å². The normalized spacial score (nSPS) is 41.1. The van der Waals surface area contributed by atoms with E-state index < -0.39 is 0 Å². The molecule has 4 saturated carbocycles. The van der Waals surface area contributed by atoms with Crippen LogP contribution in [0.4, 0.5) is 0 Å². The zero-order valence-electron chi connectivity index (χ0n) is 27.2. The molecule has 11 atom stereocenters. The lowest BCUT2D eigenvalue weighted by Gasteiger charge is -2.63. The summed E-state index contributed by atoms with van der Waals surface area (Å²) < 4.78 is 0. The number of rotatable bonds is 13. The van der Waals surface area contributed by atoms with Gasteiger partial charge in [-0.15, -0.1) is 0 Å². The number of hydrogen-bond donors (Lipinski definition) is 5. The van der Waals surface area contributed by atoms with Crippen LogP contribution in [-0.4, -0.2) is 78.5 Å². The number of amides is 1. The van der Waals surface area contributed by atoms with Crippen LogP contribution in [-0.2, 0) is 4.79 Å². The minimum Gasteiger partial charge on any atom is -0.393 e. The summed E-state index contributed by atoms with van der Waals surface area (Å²) in [6, 6.07) is 0.709. The van der Waals surface area contributed by atoms with E-state index in [1.807, 2.05) is 13.8 Å². The number of aliphatic hydroxyl groups excluding tert-OH is 2. The van der Waals surface area contributed by atoms with Crippen LogP contribution < -0.4 is 16.4 Å². The van der Waals surface area contributed by atoms with Crippen molar-refractivity contribution in [3.05, 3.63) is 0 Å². The molecule has 0 saturated heterocycles. The average Bonchev–Trinajstić information content (AvgIpc) is 3.27. The Bertz CT molecular complexity index is 856. The van der Waals surface area contributed by atoms with Gasteiger partial charge in [0.05, 0.1) is 12.2 Å². The van der Waals surface area contributed by atoms with Gasteiger partial charge < -0.3 is 31.5 Å². The topological polar surface area (TPSA) is 111 Å². The van der Waals surface area contributed by atoms with Gasteiger partial charge in [0.15, 0.2) is 0 Å². The van der Waals surface area contributed by atoms with Crippen LogP contribution in [0, 0.1) is 46.3 Å². The molecule has 41 heavy (non-hydrogen) atoms. The molecule has 0 spiro atoms. The molecular formula is C34H64N4O3. The van der Waals surface area contributed by atoms with Gasteiger partial charge in [0.1, 0.15) is 0 Å². The Kier molecular flexibility index (Phi) is 11.3. The van der Waals surface area contributed by atoms with Crippen molar-refractivity contribution in [2.45, 2.75) is 130 Å². The van der Waals surface area contributed by atoms with E-state index in [0.29, 0.717) is 48.0 Å². The average molecular weight is 577 g/mol. The first-order valence-electron chi connectivity index (χ1n) is 17.2. The molecule has 0 aromatic carbocycles. The minimum atomic E-state index is -0.330. The lowest BCUT2D eigenvalue weighted by atomic mass is 9.43. The highest BCUT2D eigenvalue weighted by Crippen LogP contribution is 2.68. The lowest BCUT2D eigenvalue weighted by Crippen LogP contribution is -2.62. The first-order valence-corrected chi connectivity index (χ1v) is 17.2. The van der Waals surface area contributed by atoms with Gasteiger partial charge in [-0.05, 0) is 158 Å². The zero-order valence-corrected chi connectivity index (χ0v) is 27.2. The maximum absolute atomic E-state index is 12.4. The second-order valence-electron chi connectivity index (χ2n) is 15.6. The van der Waals surface area contributed by atoms with Crippen molar-refractivity contribution in [2.24, 2.45) is 52.1 Å². The van der Waals surface area contributed by atoms with Gasteiger partial charge in [-0.3, -0.25) is 4.79 Å². The Hall–Kier alpha value is -0.730. The highest BCUT2D eigenvalue weighted by molar-refractivity contribution is 5.76. The maximum Gasteiger partial charge on any atom is 0.220 e. The SMILES string of the molecule is CC(C)NC(=O)CC[C@@H](C)C1CCC2C3C(C[C@H](O)[C@@]21C)[C@@]1(C)CC[C@H](NCCCN(C)CCCN)CC1C[C@H]3O. The molecule has 0 bridgehead atoms. The molecule has 4 fully saturated rings. The first-order chi connectivity index (χ1) is 19.4. The molecule has 1 amide bonds. The highest BCUT2D eigenvalue weighted by Gasteiger charge is 2.65. The molecule has 4 aliphatic rings. The second kappa shape index (κ2) is 13.9. The van der Waals surface area contributed by atoms with Gasteiger partial charge in [-0.2, -0.15) is 0 Å². The Morgan fingerprint density at radius 3 is 2.46 bits per heavy atom. The van der Waals surface area contributed by atoms with Gasteiger partial charge in [-0.1, -0.05) is 20.8 Å². The van der Waals surface area contributed by atoms with Gasteiger partial charge in [0.2, 0.25) is 5.91 Å². The van der Waals surface area contributed by atoms with Crippen molar-refractivity contribution >= 4 is 5.91 Å². The van der Waals surface area contributed by atoms with Gasteiger partial charge in [-0.25, -0.2) is 0 Å². The van der Waals surface area contributed by atoms with Crippen molar-refractivity contribution in [1.82, 2.24) is 15.5 Å². The van der Waals surface area contributed by atoms with E-state index in [4.69, 9.17) is 5.73 Å². The van der Waals surface area contributed by atoms with Gasteiger partial charge in [0.25, 0.3) is 0 Å². The number of aliphatic hydroxyl groups is 2. The molecule has 238 valence electrons. The number of fused-ring (bicyclic) bond motifs is 5. The van der Waals surface area contributed by atoms with E-state index in [9.17, 15) is 15.0 Å². The van der Waals surface area contributed by atoms with Crippen LogP contribution in [0.1, 0.15) is 105 Å². The summed E-state index contributed by atoms with van der Waals surface area (Å²) in [5.41, 5.74) is 5.68. The fraction of sp³-hybridized carbons (Fsp3) is 0.971. The minimum absolute atomic E-state index is 0.136. The molecule has 0 aromatic heterocycles. The fourth-order valence-corrected chi connectivity index (χ4v) is 10.4. The molecule has 0 aromatic rings. The Balaban J connectivity index is 1.36. The summed E-state index contributed by atoms with van der Waals surface area (Å²) in [6.07, 6.45) is 10.5. The van der Waals surface area contributed by atoms with Crippen LogP contribution in [0.15, 0.2) is 0 Å². The zero-order chi connectivity index (χ0) is 29.9. The molecule has 4 aliphatic carbocycles. The molecule has 0 heterocycles. The smallest absolute Gasteiger partial charge is 0.220 e. The second-order valence-corrected chi connectivity index (χ2v) is 15.6. The first kappa shape index (κ1) is 33.2. The number of nitrogens with zero attached hydrogens (tertiary/aromatic N) is 1. The van der Waals surface area contributed by atoms with Crippen molar-refractivity contribution < 1.29 is 15.0 Å². The van der Waals surface area contributed by atoms with E-state index in [-0.39, 0.29) is 35.0 Å². The van der Waals surface area contributed by atoms with E-state index >= 15 is 0 Å². The molecular weight excluding hydrogens is 512 g/mol. The third kappa shape index (κ3) is 7.00. The summed E-state index contributed by atoms with van der Waals surface area (Å²) in [7, 11) is 2.19. The lowest BCUT2D eigenvalue weighted by molar-refractivity contribution is -0.202. The molecule has 7 heteroatoms. The Labute approximate surface area is 251 Å². The Morgan fingerprint density at radius 1 is 1.02 bits per heavy atom. The standard InChI is InChI=1S/C34H64N4O3/c1-22(2)37-31(41)12-9-23(3)26-10-11-27-32-28(21-30(40)34(26,27)5)33(4)14-13-25(19-24(33)20-29(32)39)36-16-8-18-38(6)17-7-15-35/h22-30,32,36,39-40H,7-21,35H2,1-6H3,(H,37,41)/t23-,24?,25+,26?,27?,28?,29-,30+,32?,33+,34-/m1/s1. The van der Waals surface area contributed by atoms with E-state index in [1.54, 1.807) is 0 Å². The summed E-state index contributed by atoms with van der Waals surface area (Å²) >= 11 is 0. The van der Waals surface area contributed by atoms with Crippen molar-refractivity contribution in [1.29, 1.82) is 0 Å². The van der Waals surface area contributed by atoms with Crippen LogP contribution in [0.2, 0.25) is 0 Å². The monoisotopic (exact) mass is 576 g/mol. The summed E-state index contributed by atoms with van der Waals surface area (Å²) in [5.74, 6) is 2.50. The molecule has 0 radical (unpaired) electrons. The quantitative estimate of drug-likeness (QED) is 0.211. The van der Waals surface area contributed by atoms with E-state index in [1.165, 1.54) is 12.8 Å². The van der Waals surface area contributed by atoms with Gasteiger partial charge in [0, 0.05) is 18.5 Å². The third-order valence-corrected chi connectivity index (χ3v) is 12.7. The molecule has 5 unspecified atom stereocenters. The number of hydrogen-bond acceptors (Lipinski definition) is 6. The van der Waals surface area contributed by atoms with Crippen LogP contribution in [0.5, 0.6) is 0 Å². The number of nitrogens with two attached hydrogens (primary N) is 1. The summed E-state index contributed by atoms with van der Waals surface area (Å²) in [6.45, 7) is 15.1. The third-order valence-electron chi connectivity index (χ3n) is 12.7. The van der Waals surface area contributed by atoms with Crippen LogP contribution in [0.3, 0.4) is 0 Å². The fourth-order valence-electron chi connectivity index (χ4n) is 10.4. The number of carbonyl (C=O) groups excluding carboxylic acids is 1. The predicted octanol–water partition coefficient (Wildman–Crippen LogP) is 4.16. The summed E-state index contributed by atoms with van der Waals surface area (Å²) in [5, 5.41) is 30.5. The van der Waals surface area contributed by atoms with E-state index in [0.717, 1.165) is 77.5 Å². The molecule has 7 nitrogen and oxygen atoms in total. The largest absolute Gasteiger partial charge is 0.393 e. The van der Waals surface area contributed by atoms with E-state index in [2.05, 4.69) is 43.4 Å². The predicted molar refractivity (Wildman–Crippen MR) is 167 cm³/mol. The van der Waals surface area contributed by atoms with Gasteiger partial charge >= 0.3 is 0 Å². The summed E-state index contributed by atoms with van der Waals surface area (Å²) in [4.78, 5) is 14.7. The molecule has 0 aliphatic heterocycles. The number of carbonyl (C=O) groups is 1. The molecule has 6 N–H and O–H groups in total. The Morgan fingerprint density at radius 2 is 1.76 bits per heavy atom. The molecule has 4 rings (SSSR count).